The van der Waals surface area contributed by atoms with E-state index in [1.165, 1.54) is 186 Å². The van der Waals surface area contributed by atoms with E-state index >= 15 is 0 Å². The van der Waals surface area contributed by atoms with Crippen LogP contribution in [0.3, 0.4) is 0 Å². The summed E-state index contributed by atoms with van der Waals surface area (Å²) in [5.74, 6) is -0.281. The molecule has 0 aromatic heterocycles. The summed E-state index contributed by atoms with van der Waals surface area (Å²) < 4.78 is 34.3. The van der Waals surface area contributed by atoms with E-state index in [9.17, 15) is 61.0 Å². The Bertz CT molecular complexity index is 1640. The monoisotopic (exact) mass is 1220 g/mol. The van der Waals surface area contributed by atoms with Crippen LogP contribution in [-0.4, -0.2) is 193 Å². The second-order valence-electron chi connectivity index (χ2n) is 24.6. The Balaban J connectivity index is 1.47. The number of aliphatic hydroxyl groups is 11. The highest BCUT2D eigenvalue weighted by Gasteiger charge is 2.53. The van der Waals surface area contributed by atoms with Gasteiger partial charge in [-0.05, 0) is 32.1 Å². The van der Waals surface area contributed by atoms with E-state index in [-0.39, 0.29) is 18.9 Å². The Morgan fingerprint density at radius 2 is 0.753 bits per heavy atom. The van der Waals surface area contributed by atoms with Crippen LogP contribution in [0.4, 0.5) is 0 Å². The fraction of sp³-hybridized carbons (Fsp3) is 0.924. The molecular formula is C66H123NO18. The lowest BCUT2D eigenvalue weighted by molar-refractivity contribution is -0.379. The standard InChI is InChI=1S/C66H123NO18/c1-3-5-7-9-11-13-15-17-19-21-23-24-25-26-27-29-31-33-35-37-39-41-43-50(71)49(67-54(72)44-42-40-38-36-34-32-30-28-22-20-18-16-14-12-10-8-6-4-2)48-80-64-60(78)57(75)62(52(46-69)82-64)85-66-61(79)58(76)63(53(47-70)83-66)84-65-59(77)56(74)55(73)51(45-68)81-65/h33,35,41,43,49-53,55-66,68-71,73-79H,3-32,34,36-40,42,44-48H2,1-2H3,(H,67,72)/b35-33+,43-41+. The van der Waals surface area contributed by atoms with Crippen LogP contribution in [-0.2, 0) is 33.2 Å². The number of carbonyl (C=O) groups is 1. The average Bonchev–Trinajstić information content (AvgIpc) is 3.10. The number of nitrogens with one attached hydrogen (secondary N) is 1. The summed E-state index contributed by atoms with van der Waals surface area (Å²) in [4.78, 5) is 13.4. The zero-order valence-corrected chi connectivity index (χ0v) is 52.6. The Kier molecular flexibility index (Phi) is 44.7. The molecule has 0 bridgehead atoms. The van der Waals surface area contributed by atoms with Crippen LogP contribution >= 0.6 is 0 Å². The van der Waals surface area contributed by atoms with Gasteiger partial charge in [0.05, 0.1) is 38.6 Å². The first-order valence-electron chi connectivity index (χ1n) is 34.1. The summed E-state index contributed by atoms with van der Waals surface area (Å²) in [6.07, 6.45) is 27.3. The molecule has 0 spiro atoms. The van der Waals surface area contributed by atoms with Gasteiger partial charge in [-0.2, -0.15) is 0 Å². The predicted molar refractivity (Wildman–Crippen MR) is 328 cm³/mol. The summed E-state index contributed by atoms with van der Waals surface area (Å²) in [6, 6.07) is -0.986. The fourth-order valence-corrected chi connectivity index (χ4v) is 11.7. The summed E-state index contributed by atoms with van der Waals surface area (Å²) >= 11 is 0. The second-order valence-corrected chi connectivity index (χ2v) is 24.6. The maximum atomic E-state index is 13.4. The van der Waals surface area contributed by atoms with Crippen LogP contribution in [0.5, 0.6) is 0 Å². The molecular weight excluding hydrogens is 1090 g/mol. The number of unbranched alkanes of at least 4 members (excludes halogenated alkanes) is 34. The lowest BCUT2D eigenvalue weighted by atomic mass is 9.96. The minimum Gasteiger partial charge on any atom is -0.394 e. The molecule has 17 atom stereocenters. The molecule has 3 saturated heterocycles. The second kappa shape index (κ2) is 49.0. The highest BCUT2D eigenvalue weighted by Crippen LogP contribution is 2.33. The highest BCUT2D eigenvalue weighted by atomic mass is 16.8. The van der Waals surface area contributed by atoms with Gasteiger partial charge >= 0.3 is 0 Å². The summed E-state index contributed by atoms with van der Waals surface area (Å²) in [6.45, 7) is 1.74. The van der Waals surface area contributed by atoms with Gasteiger partial charge in [0.15, 0.2) is 18.9 Å². The number of aliphatic hydroxyl groups excluding tert-OH is 11. The van der Waals surface area contributed by atoms with Gasteiger partial charge in [0.1, 0.15) is 73.2 Å². The molecule has 0 aromatic rings. The first-order chi connectivity index (χ1) is 41.3. The van der Waals surface area contributed by atoms with Crippen molar-refractivity contribution in [3.05, 3.63) is 24.3 Å². The summed E-state index contributed by atoms with van der Waals surface area (Å²) in [5.41, 5.74) is 0. The lowest BCUT2D eigenvalue weighted by Crippen LogP contribution is -2.66. The largest absolute Gasteiger partial charge is 0.394 e. The van der Waals surface area contributed by atoms with Crippen molar-refractivity contribution in [3.8, 4) is 0 Å². The molecule has 3 rings (SSSR count). The maximum absolute atomic E-state index is 13.4. The van der Waals surface area contributed by atoms with Crippen LogP contribution in [0.2, 0.25) is 0 Å². The van der Waals surface area contributed by atoms with E-state index in [4.69, 9.17) is 28.4 Å². The van der Waals surface area contributed by atoms with Gasteiger partial charge in [-0.15, -0.1) is 0 Å². The average molecular weight is 1220 g/mol. The van der Waals surface area contributed by atoms with Crippen molar-refractivity contribution in [1.29, 1.82) is 0 Å². The first-order valence-corrected chi connectivity index (χ1v) is 34.1. The van der Waals surface area contributed by atoms with E-state index < -0.39 is 124 Å². The normalized spacial score (nSPS) is 29.1. The van der Waals surface area contributed by atoms with Gasteiger partial charge < -0.3 is 89.9 Å². The molecule has 0 aliphatic carbocycles. The van der Waals surface area contributed by atoms with E-state index in [1.807, 2.05) is 6.08 Å². The Morgan fingerprint density at radius 1 is 0.412 bits per heavy atom. The topological polar surface area (TPSA) is 307 Å². The van der Waals surface area contributed by atoms with Crippen LogP contribution in [0.25, 0.3) is 0 Å². The zero-order chi connectivity index (χ0) is 61.9. The van der Waals surface area contributed by atoms with Crippen molar-refractivity contribution in [2.45, 2.75) is 362 Å². The van der Waals surface area contributed by atoms with Crippen LogP contribution in [0.1, 0.15) is 258 Å². The van der Waals surface area contributed by atoms with Crippen LogP contribution in [0.15, 0.2) is 24.3 Å². The Labute approximate surface area is 511 Å². The third-order valence-electron chi connectivity index (χ3n) is 17.3. The molecule has 19 nitrogen and oxygen atoms in total. The number of carbonyl (C=O) groups excluding carboxylic acids is 1. The molecule has 3 aliphatic rings. The molecule has 500 valence electrons. The number of rotatable bonds is 52. The number of ether oxygens (including phenoxy) is 6. The van der Waals surface area contributed by atoms with Crippen molar-refractivity contribution in [2.24, 2.45) is 0 Å². The quantitative estimate of drug-likeness (QED) is 0.0201. The predicted octanol–water partition coefficient (Wildman–Crippen LogP) is 8.27. The fourth-order valence-electron chi connectivity index (χ4n) is 11.7. The highest BCUT2D eigenvalue weighted by molar-refractivity contribution is 5.76. The van der Waals surface area contributed by atoms with Crippen molar-refractivity contribution >= 4 is 5.91 Å². The van der Waals surface area contributed by atoms with Gasteiger partial charge in [0, 0.05) is 6.42 Å². The third-order valence-corrected chi connectivity index (χ3v) is 17.3. The van der Waals surface area contributed by atoms with E-state index in [1.54, 1.807) is 6.08 Å². The molecule has 19 heteroatoms. The third kappa shape index (κ3) is 31.7. The van der Waals surface area contributed by atoms with Crippen LogP contribution in [0, 0.1) is 0 Å². The molecule has 3 aliphatic heterocycles. The van der Waals surface area contributed by atoms with Crippen molar-refractivity contribution < 1.29 is 89.4 Å². The van der Waals surface area contributed by atoms with Gasteiger partial charge in [-0.1, -0.05) is 244 Å². The molecule has 3 heterocycles. The molecule has 85 heavy (non-hydrogen) atoms. The van der Waals surface area contributed by atoms with Crippen LogP contribution < -0.4 is 5.32 Å². The SMILES string of the molecule is CCCCCCCCCCCCCCCCCC/C=C/CC/C=C/C(O)C(COC1OC(CO)C(OC2OC(CO)C(OC3OC(CO)C(O)C(O)C3O)C(O)C2O)C(O)C1O)NC(=O)CCCCCCCCCCCCCCCCCCCC. The first kappa shape index (κ1) is 77.5. The Hall–Kier alpha value is -1.73. The zero-order valence-electron chi connectivity index (χ0n) is 52.6. The maximum Gasteiger partial charge on any atom is 0.220 e. The summed E-state index contributed by atoms with van der Waals surface area (Å²) in [7, 11) is 0. The van der Waals surface area contributed by atoms with Gasteiger partial charge in [-0.25, -0.2) is 0 Å². The molecule has 1 amide bonds. The molecule has 0 saturated carbocycles. The smallest absolute Gasteiger partial charge is 0.220 e. The van der Waals surface area contributed by atoms with Crippen molar-refractivity contribution in [2.75, 3.05) is 26.4 Å². The lowest BCUT2D eigenvalue weighted by Gasteiger charge is -2.48. The van der Waals surface area contributed by atoms with E-state index in [0.29, 0.717) is 12.8 Å². The Morgan fingerprint density at radius 3 is 1.18 bits per heavy atom. The summed E-state index contributed by atoms with van der Waals surface area (Å²) in [5, 5.41) is 120. The van der Waals surface area contributed by atoms with Gasteiger partial charge in [-0.3, -0.25) is 4.79 Å². The van der Waals surface area contributed by atoms with E-state index in [0.717, 1.165) is 38.5 Å². The van der Waals surface area contributed by atoms with E-state index in [2.05, 4.69) is 31.3 Å². The minimum absolute atomic E-state index is 0.240. The van der Waals surface area contributed by atoms with Crippen molar-refractivity contribution in [3.63, 3.8) is 0 Å². The van der Waals surface area contributed by atoms with Gasteiger partial charge in [0.25, 0.3) is 0 Å². The number of amides is 1. The van der Waals surface area contributed by atoms with Gasteiger partial charge in [0.2, 0.25) is 5.91 Å². The number of hydrogen-bond acceptors (Lipinski definition) is 18. The molecule has 17 unspecified atom stereocenters. The molecule has 12 N–H and O–H groups in total. The van der Waals surface area contributed by atoms with Crippen molar-refractivity contribution in [1.82, 2.24) is 5.32 Å². The molecule has 0 aromatic carbocycles. The number of hydrogen-bond donors (Lipinski definition) is 12. The number of allylic oxidation sites excluding steroid dienone is 3. The molecule has 0 radical (unpaired) electrons. The molecule has 3 fully saturated rings. The minimum atomic E-state index is -1.98.